The van der Waals surface area contributed by atoms with Crippen LogP contribution in [0.4, 0.5) is 0 Å². The van der Waals surface area contributed by atoms with Crippen molar-refractivity contribution >= 4 is 17.3 Å². The van der Waals surface area contributed by atoms with Crippen molar-refractivity contribution in [3.05, 3.63) is 46.8 Å². The van der Waals surface area contributed by atoms with Crippen LogP contribution in [-0.4, -0.2) is 50.4 Å². The van der Waals surface area contributed by atoms with Gasteiger partial charge in [-0.05, 0) is 36.0 Å². The van der Waals surface area contributed by atoms with Crippen molar-refractivity contribution < 1.29 is 28.6 Å². The molecule has 1 aromatic heterocycles. The molecule has 2 aromatic rings. The zero-order chi connectivity index (χ0) is 19.6. The predicted octanol–water partition coefficient (Wildman–Crippen LogP) is 2.12. The van der Waals surface area contributed by atoms with Crippen LogP contribution in [0.15, 0.2) is 28.8 Å². The van der Waals surface area contributed by atoms with Gasteiger partial charge in [0.15, 0.2) is 5.76 Å². The Morgan fingerprint density at radius 3 is 2.74 bits per heavy atom. The van der Waals surface area contributed by atoms with Crippen LogP contribution in [0.25, 0.3) is 0 Å². The van der Waals surface area contributed by atoms with Crippen LogP contribution in [-0.2, 0) is 28.9 Å². The second-order valence-electron chi connectivity index (χ2n) is 6.92. The molecule has 1 atom stereocenters. The zero-order valence-electron chi connectivity index (χ0n) is 15.4. The molecule has 146 valence electrons. The first-order chi connectivity index (χ1) is 12.7. The lowest BCUT2D eigenvalue weighted by Gasteiger charge is -2.28. The van der Waals surface area contributed by atoms with Crippen LogP contribution in [0.2, 0.25) is 0 Å². The number of benzene rings is 1. The van der Waals surface area contributed by atoms with Gasteiger partial charge in [-0.15, -0.1) is 0 Å². The largest absolute Gasteiger partial charge is 0.596 e. The lowest BCUT2D eigenvalue weighted by molar-refractivity contribution is -0.00707. The highest BCUT2D eigenvalue weighted by Gasteiger charge is 2.37. The third kappa shape index (κ3) is 4.81. The standard InChI is InChI=1S/C18H22N2O6S/c1-18(2)11-14-16(17(21)25-18)15(26-19-14)10-12-4-6-13(7-5-12)24-9-8-20(22)27(3)23/h4-7,22H,8-11H2,1-3H3. The van der Waals surface area contributed by atoms with E-state index in [1.54, 1.807) is 12.1 Å². The van der Waals surface area contributed by atoms with Crippen LogP contribution in [0, 0.1) is 0 Å². The van der Waals surface area contributed by atoms with Gasteiger partial charge in [0.2, 0.25) is 0 Å². The highest BCUT2D eigenvalue weighted by molar-refractivity contribution is 7.88. The summed E-state index contributed by atoms with van der Waals surface area (Å²) < 4.78 is 28.1. The monoisotopic (exact) mass is 394 g/mol. The first-order valence-electron chi connectivity index (χ1n) is 8.47. The van der Waals surface area contributed by atoms with E-state index in [-0.39, 0.29) is 13.2 Å². The van der Waals surface area contributed by atoms with Gasteiger partial charge in [-0.3, -0.25) is 5.21 Å². The first kappa shape index (κ1) is 19.7. The smallest absolute Gasteiger partial charge is 0.344 e. The Balaban J connectivity index is 1.61. The maximum Gasteiger partial charge on any atom is 0.344 e. The normalized spacial score (nSPS) is 16.7. The number of carbonyl (C=O) groups is 1. The number of nitrogens with zero attached hydrogens (tertiary/aromatic N) is 2. The lowest BCUT2D eigenvalue weighted by atomic mass is 9.94. The number of carbonyl (C=O) groups excluding carboxylic acids is 1. The van der Waals surface area contributed by atoms with E-state index >= 15 is 0 Å². The van der Waals surface area contributed by atoms with Crippen molar-refractivity contribution in [3.63, 3.8) is 0 Å². The quantitative estimate of drug-likeness (QED) is 0.432. The van der Waals surface area contributed by atoms with E-state index in [0.29, 0.717) is 40.1 Å². The Labute approximate surface area is 160 Å². The highest BCUT2D eigenvalue weighted by Crippen LogP contribution is 2.30. The summed E-state index contributed by atoms with van der Waals surface area (Å²) >= 11 is -1.45. The molecule has 1 aliphatic rings. The van der Waals surface area contributed by atoms with Gasteiger partial charge in [0.1, 0.15) is 42.0 Å². The number of fused-ring (bicyclic) bond motifs is 1. The molecular weight excluding hydrogens is 372 g/mol. The van der Waals surface area contributed by atoms with E-state index in [2.05, 4.69) is 5.16 Å². The van der Waals surface area contributed by atoms with E-state index in [9.17, 15) is 14.6 Å². The van der Waals surface area contributed by atoms with Crippen molar-refractivity contribution in [3.8, 4) is 5.75 Å². The number of esters is 1. The van der Waals surface area contributed by atoms with Crippen LogP contribution < -0.4 is 4.74 Å². The molecular formula is C18H22N2O6S. The Morgan fingerprint density at radius 1 is 1.37 bits per heavy atom. The minimum atomic E-state index is -1.45. The Hall–Kier alpha value is -2.07. The SMILES string of the molecule is C[S+]([O-])N(O)CCOc1ccc(Cc2onc3c2C(=O)OC(C)(C)C3)cc1. The van der Waals surface area contributed by atoms with Crippen LogP contribution in [0.5, 0.6) is 5.75 Å². The third-order valence-electron chi connectivity index (χ3n) is 4.14. The molecule has 1 N–H and O–H groups in total. The molecule has 3 rings (SSSR count). The van der Waals surface area contributed by atoms with Crippen molar-refractivity contribution in [1.29, 1.82) is 0 Å². The summed E-state index contributed by atoms with van der Waals surface area (Å²) in [6, 6.07) is 7.28. The fourth-order valence-corrected chi connectivity index (χ4v) is 3.17. The molecule has 9 heteroatoms. The molecule has 0 spiro atoms. The topological polar surface area (TPSA) is 108 Å². The molecule has 0 saturated carbocycles. The summed E-state index contributed by atoms with van der Waals surface area (Å²) in [4.78, 5) is 12.3. The molecule has 0 fully saturated rings. The summed E-state index contributed by atoms with van der Waals surface area (Å²) in [5, 5.41) is 13.4. The van der Waals surface area contributed by atoms with E-state index in [1.807, 2.05) is 26.0 Å². The van der Waals surface area contributed by atoms with Gasteiger partial charge in [0.05, 0.1) is 11.4 Å². The average Bonchev–Trinajstić information content (AvgIpc) is 2.97. The molecule has 8 nitrogen and oxygen atoms in total. The molecule has 0 bridgehead atoms. The maximum absolute atomic E-state index is 12.3. The van der Waals surface area contributed by atoms with Crippen LogP contribution in [0.1, 0.15) is 41.2 Å². The average molecular weight is 394 g/mol. The van der Waals surface area contributed by atoms with Crippen LogP contribution >= 0.6 is 0 Å². The summed E-state index contributed by atoms with van der Waals surface area (Å²) in [7, 11) is 0. The van der Waals surface area contributed by atoms with Gasteiger partial charge in [-0.2, -0.15) is 0 Å². The fourth-order valence-electron chi connectivity index (χ4n) is 2.84. The number of hydrogen-bond donors (Lipinski definition) is 1. The van der Waals surface area contributed by atoms with Crippen molar-refractivity contribution in [2.24, 2.45) is 0 Å². The van der Waals surface area contributed by atoms with Gasteiger partial charge in [-0.1, -0.05) is 17.3 Å². The number of cyclic esters (lactones) is 1. The molecule has 1 unspecified atom stereocenters. The van der Waals surface area contributed by atoms with Crippen molar-refractivity contribution in [2.75, 3.05) is 19.4 Å². The van der Waals surface area contributed by atoms with Crippen LogP contribution in [0.3, 0.4) is 0 Å². The predicted molar refractivity (Wildman–Crippen MR) is 97.0 cm³/mol. The number of aromatic nitrogens is 1. The number of hydroxylamine groups is 1. The summed E-state index contributed by atoms with van der Waals surface area (Å²) in [6.45, 7) is 4.02. The number of ether oxygens (including phenoxy) is 2. The van der Waals surface area contributed by atoms with Gasteiger partial charge >= 0.3 is 5.97 Å². The first-order valence-corrected chi connectivity index (χ1v) is 9.99. The fraction of sp³-hybridized carbons (Fsp3) is 0.444. The van der Waals surface area contributed by atoms with E-state index < -0.39 is 22.9 Å². The second kappa shape index (κ2) is 7.89. The van der Waals surface area contributed by atoms with Crippen molar-refractivity contribution in [2.45, 2.75) is 32.3 Å². The number of rotatable bonds is 7. The Bertz CT molecular complexity index is 803. The van der Waals surface area contributed by atoms with Gasteiger partial charge in [0, 0.05) is 12.8 Å². The molecule has 0 saturated heterocycles. The van der Waals surface area contributed by atoms with E-state index in [1.165, 1.54) is 6.26 Å². The maximum atomic E-state index is 12.3. The molecule has 0 amide bonds. The summed E-state index contributed by atoms with van der Waals surface area (Å²) in [6.07, 6.45) is 2.32. The van der Waals surface area contributed by atoms with Crippen molar-refractivity contribution in [1.82, 2.24) is 9.63 Å². The summed E-state index contributed by atoms with van der Waals surface area (Å²) in [5.74, 6) is 0.703. The zero-order valence-corrected chi connectivity index (χ0v) is 16.2. The Kier molecular flexibility index (Phi) is 5.75. The number of hydrogen-bond acceptors (Lipinski definition) is 8. The minimum absolute atomic E-state index is 0.132. The molecule has 1 aliphatic heterocycles. The molecule has 0 radical (unpaired) electrons. The minimum Gasteiger partial charge on any atom is -0.596 e. The van der Waals surface area contributed by atoms with E-state index in [4.69, 9.17) is 14.0 Å². The summed E-state index contributed by atoms with van der Waals surface area (Å²) in [5.41, 5.74) is 1.40. The lowest BCUT2D eigenvalue weighted by Crippen LogP contribution is -2.36. The second-order valence-corrected chi connectivity index (χ2v) is 8.19. The third-order valence-corrected chi connectivity index (χ3v) is 4.91. The molecule has 1 aromatic carbocycles. The molecule has 2 heterocycles. The van der Waals surface area contributed by atoms with Gasteiger partial charge in [0.25, 0.3) is 0 Å². The molecule has 0 aliphatic carbocycles. The highest BCUT2D eigenvalue weighted by atomic mass is 32.2. The van der Waals surface area contributed by atoms with Gasteiger partial charge in [-0.25, -0.2) is 4.79 Å². The Morgan fingerprint density at radius 2 is 2.07 bits per heavy atom. The molecule has 27 heavy (non-hydrogen) atoms. The van der Waals surface area contributed by atoms with E-state index in [0.717, 1.165) is 5.56 Å². The van der Waals surface area contributed by atoms with Gasteiger partial charge < -0.3 is 18.5 Å².